The van der Waals surface area contributed by atoms with Crippen molar-refractivity contribution in [2.24, 2.45) is 0 Å². The van der Waals surface area contributed by atoms with Crippen LogP contribution >= 0.6 is 0 Å². The van der Waals surface area contributed by atoms with Gasteiger partial charge in [0, 0.05) is 0 Å². The number of nitrogens with one attached hydrogen (secondary N) is 2. The summed E-state index contributed by atoms with van der Waals surface area (Å²) >= 11 is -0.402. The predicted octanol–water partition coefficient (Wildman–Crippen LogP) is 3.02. The number of hydrogen-bond acceptors (Lipinski definition) is 3. The van der Waals surface area contributed by atoms with Crippen LogP contribution in [0.1, 0.15) is 20.4 Å². The van der Waals surface area contributed by atoms with Gasteiger partial charge in [-0.05, 0) is 0 Å². The molecule has 1 aromatic heterocycles. The number of carbonyl (C=O) groups is 2. The molecule has 132 valence electrons. The van der Waals surface area contributed by atoms with Gasteiger partial charge in [0.2, 0.25) is 0 Å². The summed E-state index contributed by atoms with van der Waals surface area (Å²) in [4.78, 5) is 28.4. The summed E-state index contributed by atoms with van der Waals surface area (Å²) in [7, 11) is 0. The molecule has 2 aromatic carbocycles. The van der Waals surface area contributed by atoms with Crippen molar-refractivity contribution in [2.45, 2.75) is 13.3 Å². The van der Waals surface area contributed by atoms with Gasteiger partial charge >= 0.3 is 156 Å². The van der Waals surface area contributed by atoms with E-state index >= 15 is 0 Å². The van der Waals surface area contributed by atoms with E-state index in [2.05, 4.69) is 15.6 Å². The van der Waals surface area contributed by atoms with Gasteiger partial charge in [-0.2, -0.15) is 0 Å². The maximum atomic E-state index is 13.2. The van der Waals surface area contributed by atoms with Crippen LogP contribution in [0.3, 0.4) is 0 Å². The molecule has 0 spiro atoms. The third kappa shape index (κ3) is 4.88. The number of aromatic nitrogens is 1. The molecular weight excluding hydrogens is 400 g/mol. The van der Waals surface area contributed by atoms with Gasteiger partial charge in [-0.25, -0.2) is 0 Å². The Bertz CT molecular complexity index is 938. The van der Waals surface area contributed by atoms with Crippen molar-refractivity contribution in [2.75, 3.05) is 10.6 Å². The predicted molar refractivity (Wildman–Crippen MR) is 99.0 cm³/mol. The van der Waals surface area contributed by atoms with Crippen molar-refractivity contribution in [1.82, 2.24) is 4.98 Å². The van der Waals surface area contributed by atoms with Crippen molar-refractivity contribution in [3.63, 3.8) is 0 Å². The van der Waals surface area contributed by atoms with Crippen molar-refractivity contribution < 1.29 is 14.0 Å². The Hall–Kier alpha value is -2.76. The van der Waals surface area contributed by atoms with Gasteiger partial charge in [-0.3, -0.25) is 0 Å². The molecule has 1 heterocycles. The number of carbonyl (C=O) groups excluding carboxylic acids is 2. The number of anilines is 2. The zero-order valence-electron chi connectivity index (χ0n) is 14.0. The van der Waals surface area contributed by atoms with E-state index in [1.807, 2.05) is 31.2 Å². The molecule has 3 aromatic rings. The first kappa shape index (κ1) is 18.0. The van der Waals surface area contributed by atoms with Gasteiger partial charge in [-0.1, -0.05) is 0 Å². The van der Waals surface area contributed by atoms with Crippen molar-refractivity contribution in [1.29, 1.82) is 0 Å². The summed E-state index contributed by atoms with van der Waals surface area (Å²) in [5.74, 6) is -0.939. The molecule has 0 bridgehead atoms. The van der Waals surface area contributed by atoms with Crippen molar-refractivity contribution in [3.8, 4) is 0 Å². The second-order valence-corrected chi connectivity index (χ2v) is 7.87. The van der Waals surface area contributed by atoms with E-state index in [-0.39, 0.29) is 18.2 Å². The Morgan fingerprint density at radius 1 is 1.12 bits per heavy atom. The van der Waals surface area contributed by atoms with E-state index in [9.17, 15) is 14.0 Å². The SMILES string of the molecule is Cc1ccc(CC(=O)Nc2ncc(C(=O)Nc3cccc(F)c3)[se]2)cc1. The number of rotatable bonds is 5. The van der Waals surface area contributed by atoms with E-state index in [1.54, 1.807) is 6.07 Å². The van der Waals surface area contributed by atoms with Crippen molar-refractivity contribution in [3.05, 3.63) is 76.1 Å². The van der Waals surface area contributed by atoms with Crippen LogP contribution in [0.2, 0.25) is 0 Å². The topological polar surface area (TPSA) is 71.1 Å². The van der Waals surface area contributed by atoms with Gasteiger partial charge in [0.15, 0.2) is 0 Å². The molecule has 2 amide bonds. The molecule has 2 N–H and O–H groups in total. The van der Waals surface area contributed by atoms with Crippen LogP contribution in [0.4, 0.5) is 14.8 Å². The molecule has 0 unspecified atom stereocenters. The molecule has 0 saturated heterocycles. The quantitative estimate of drug-likeness (QED) is 0.629. The fourth-order valence-electron chi connectivity index (χ4n) is 2.25. The Balaban J connectivity index is 1.59. The fraction of sp³-hybridized carbons (Fsp3) is 0.105. The van der Waals surface area contributed by atoms with Crippen molar-refractivity contribution >= 4 is 36.7 Å². The molecular formula is C19H16FN3O2Se. The summed E-state index contributed by atoms with van der Waals surface area (Å²) < 4.78 is 14.1. The van der Waals surface area contributed by atoms with Gasteiger partial charge in [0.05, 0.1) is 0 Å². The Labute approximate surface area is 156 Å². The summed E-state index contributed by atoms with van der Waals surface area (Å²) in [6.07, 6.45) is 1.69. The molecule has 0 radical (unpaired) electrons. The van der Waals surface area contributed by atoms with E-state index in [0.717, 1.165) is 11.1 Å². The van der Waals surface area contributed by atoms with Crippen LogP contribution in [-0.2, 0) is 11.2 Å². The first-order valence-corrected chi connectivity index (χ1v) is 9.59. The van der Waals surface area contributed by atoms with Crippen LogP contribution in [0.25, 0.3) is 0 Å². The maximum absolute atomic E-state index is 13.2. The monoisotopic (exact) mass is 417 g/mol. The molecule has 0 fully saturated rings. The standard InChI is InChI=1S/C19H16FN3O2Se/c1-12-5-7-13(8-6-12)9-17(24)23-19-21-11-16(26-19)18(25)22-15-4-2-3-14(20)10-15/h2-8,10-11H,9H2,1H3,(H,22,25)(H,21,23,24). The number of nitrogens with zero attached hydrogens (tertiary/aromatic N) is 1. The van der Waals surface area contributed by atoms with E-state index in [0.29, 0.717) is 14.8 Å². The van der Waals surface area contributed by atoms with E-state index in [4.69, 9.17) is 0 Å². The number of halogens is 1. The first-order chi connectivity index (χ1) is 12.5. The minimum absolute atomic E-state index is 0.172. The number of aryl methyl sites for hydroxylation is 1. The number of benzene rings is 2. The zero-order valence-corrected chi connectivity index (χ0v) is 15.7. The second-order valence-electron chi connectivity index (χ2n) is 5.70. The molecule has 26 heavy (non-hydrogen) atoms. The zero-order chi connectivity index (χ0) is 18.5. The second kappa shape index (κ2) is 8.08. The van der Waals surface area contributed by atoms with Gasteiger partial charge in [0.25, 0.3) is 0 Å². The molecule has 0 aliphatic heterocycles. The summed E-state index contributed by atoms with van der Waals surface area (Å²) in [5.41, 5.74) is 2.43. The van der Waals surface area contributed by atoms with E-state index < -0.39 is 20.3 Å². The van der Waals surface area contributed by atoms with Crippen LogP contribution in [0.15, 0.2) is 54.7 Å². The van der Waals surface area contributed by atoms with Gasteiger partial charge in [0.1, 0.15) is 0 Å². The van der Waals surface area contributed by atoms with Gasteiger partial charge in [-0.15, -0.1) is 0 Å². The first-order valence-electron chi connectivity index (χ1n) is 7.88. The van der Waals surface area contributed by atoms with Gasteiger partial charge < -0.3 is 0 Å². The summed E-state index contributed by atoms with van der Waals surface area (Å²) in [5, 5.41) is 5.37. The van der Waals surface area contributed by atoms with E-state index in [1.165, 1.54) is 24.4 Å². The Kier molecular flexibility index (Phi) is 5.61. The average molecular weight is 416 g/mol. The van der Waals surface area contributed by atoms with Crippen LogP contribution in [-0.4, -0.2) is 31.3 Å². The Morgan fingerprint density at radius 2 is 1.88 bits per heavy atom. The fourth-order valence-corrected chi connectivity index (χ4v) is 3.78. The van der Waals surface area contributed by atoms with Crippen LogP contribution in [0, 0.1) is 12.7 Å². The van der Waals surface area contributed by atoms with Crippen LogP contribution in [0.5, 0.6) is 0 Å². The summed E-state index contributed by atoms with van der Waals surface area (Å²) in [6.45, 7) is 1.99. The molecule has 0 saturated carbocycles. The molecule has 0 atom stereocenters. The number of amides is 2. The molecule has 0 aliphatic rings. The minimum atomic E-state index is -0.422. The molecule has 0 aliphatic carbocycles. The Morgan fingerprint density at radius 3 is 2.62 bits per heavy atom. The third-order valence-corrected chi connectivity index (χ3v) is 5.46. The normalized spacial score (nSPS) is 10.4. The summed E-state index contributed by atoms with van der Waals surface area (Å²) in [6, 6.07) is 13.4. The van der Waals surface area contributed by atoms with Crippen LogP contribution < -0.4 is 10.6 Å². The molecule has 7 heteroatoms. The third-order valence-electron chi connectivity index (χ3n) is 3.54. The number of hydrogen-bond donors (Lipinski definition) is 2. The average Bonchev–Trinajstić information content (AvgIpc) is 3.05. The molecule has 5 nitrogen and oxygen atoms in total. The molecule has 3 rings (SSSR count).